The maximum atomic E-state index is 12.1. The monoisotopic (exact) mass is 267 g/mol. The van der Waals surface area contributed by atoms with Crippen LogP contribution in [0.25, 0.3) is 0 Å². The molecule has 2 heterocycles. The van der Waals surface area contributed by atoms with E-state index in [1.165, 1.54) is 0 Å². The molecule has 6 heteroatoms. The molecule has 0 unspecified atom stereocenters. The Morgan fingerprint density at radius 1 is 1.42 bits per heavy atom. The van der Waals surface area contributed by atoms with Gasteiger partial charge in [-0.25, -0.2) is 0 Å². The lowest BCUT2D eigenvalue weighted by atomic mass is 9.97. The predicted molar refractivity (Wildman–Crippen MR) is 65.7 cm³/mol. The van der Waals surface area contributed by atoms with Crippen molar-refractivity contribution >= 4 is 11.9 Å². The number of carbonyl (C=O) groups is 2. The number of amides is 1. The fraction of sp³-hybridized carbons (Fsp3) is 0.538. The van der Waals surface area contributed by atoms with E-state index >= 15 is 0 Å². The molecule has 6 nitrogen and oxygen atoms in total. The highest BCUT2D eigenvalue weighted by Gasteiger charge is 2.28. The topological polar surface area (TPSA) is 80.0 Å². The maximum Gasteiger partial charge on any atom is 0.306 e. The number of carboxylic acid groups (broad SMARTS) is 1. The first-order valence-corrected chi connectivity index (χ1v) is 6.21. The first-order valence-electron chi connectivity index (χ1n) is 6.21. The molecule has 1 amide bonds. The SMILES string of the molecule is COCc1ccc(C(=O)N2CCC(C(=O)O)CC2)o1. The molecule has 0 radical (unpaired) electrons. The van der Waals surface area contributed by atoms with Gasteiger partial charge in [0.25, 0.3) is 5.91 Å². The number of likely N-dealkylation sites (tertiary alicyclic amines) is 1. The molecule has 2 rings (SSSR count). The van der Waals surface area contributed by atoms with Gasteiger partial charge in [0.15, 0.2) is 5.76 Å². The minimum Gasteiger partial charge on any atom is -0.481 e. The lowest BCUT2D eigenvalue weighted by Crippen LogP contribution is -2.40. The van der Waals surface area contributed by atoms with E-state index < -0.39 is 5.97 Å². The number of piperidine rings is 1. The lowest BCUT2D eigenvalue weighted by Gasteiger charge is -2.29. The van der Waals surface area contributed by atoms with Gasteiger partial charge in [-0.2, -0.15) is 0 Å². The first kappa shape index (κ1) is 13.6. The van der Waals surface area contributed by atoms with Crippen molar-refractivity contribution in [1.82, 2.24) is 4.90 Å². The zero-order chi connectivity index (χ0) is 13.8. The Morgan fingerprint density at radius 2 is 2.11 bits per heavy atom. The Balaban J connectivity index is 1.95. The van der Waals surface area contributed by atoms with Gasteiger partial charge in [0, 0.05) is 20.2 Å². The summed E-state index contributed by atoms with van der Waals surface area (Å²) in [5.74, 6) is -0.435. The number of carbonyl (C=O) groups excluding carboxylic acids is 1. The Morgan fingerprint density at radius 3 is 2.68 bits per heavy atom. The molecule has 1 N–H and O–H groups in total. The zero-order valence-electron chi connectivity index (χ0n) is 10.8. The average molecular weight is 267 g/mol. The van der Waals surface area contributed by atoms with Gasteiger partial charge < -0.3 is 19.2 Å². The summed E-state index contributed by atoms with van der Waals surface area (Å²) in [5, 5.41) is 8.91. The number of methoxy groups -OCH3 is 1. The van der Waals surface area contributed by atoms with Crippen LogP contribution in [-0.4, -0.2) is 42.1 Å². The molecular formula is C13H17NO5. The highest BCUT2D eigenvalue weighted by atomic mass is 16.5. The van der Waals surface area contributed by atoms with E-state index in [1.807, 2.05) is 0 Å². The van der Waals surface area contributed by atoms with E-state index in [2.05, 4.69) is 0 Å². The van der Waals surface area contributed by atoms with Crippen LogP contribution in [0.1, 0.15) is 29.2 Å². The van der Waals surface area contributed by atoms with E-state index in [9.17, 15) is 9.59 Å². The van der Waals surface area contributed by atoms with Crippen LogP contribution in [0.3, 0.4) is 0 Å². The largest absolute Gasteiger partial charge is 0.481 e. The fourth-order valence-electron chi connectivity index (χ4n) is 2.20. The number of furan rings is 1. The van der Waals surface area contributed by atoms with Crippen LogP contribution in [0.4, 0.5) is 0 Å². The van der Waals surface area contributed by atoms with Gasteiger partial charge in [-0.15, -0.1) is 0 Å². The molecule has 0 aromatic carbocycles. The third kappa shape index (κ3) is 3.14. The molecule has 0 spiro atoms. The van der Waals surface area contributed by atoms with E-state index in [4.69, 9.17) is 14.3 Å². The summed E-state index contributed by atoms with van der Waals surface area (Å²) in [4.78, 5) is 24.6. The number of carboxylic acids is 1. The third-order valence-corrected chi connectivity index (χ3v) is 3.29. The molecule has 1 aliphatic rings. The van der Waals surface area contributed by atoms with Crippen LogP contribution in [0, 0.1) is 5.92 Å². The quantitative estimate of drug-likeness (QED) is 0.891. The molecule has 104 valence electrons. The van der Waals surface area contributed by atoms with Gasteiger partial charge in [0.2, 0.25) is 0 Å². The second kappa shape index (κ2) is 5.88. The van der Waals surface area contributed by atoms with Gasteiger partial charge in [-0.05, 0) is 25.0 Å². The summed E-state index contributed by atoms with van der Waals surface area (Å²) in [6.07, 6.45) is 0.986. The molecule has 1 aliphatic heterocycles. The Labute approximate surface area is 110 Å². The van der Waals surface area contributed by atoms with Crippen LogP contribution in [-0.2, 0) is 16.1 Å². The summed E-state index contributed by atoms with van der Waals surface area (Å²) in [6.45, 7) is 1.24. The van der Waals surface area contributed by atoms with E-state index in [-0.39, 0.29) is 17.6 Å². The molecule has 0 atom stereocenters. The average Bonchev–Trinajstić information content (AvgIpc) is 2.87. The van der Waals surface area contributed by atoms with Crippen molar-refractivity contribution in [2.75, 3.05) is 20.2 Å². The summed E-state index contributed by atoms with van der Waals surface area (Å²) in [7, 11) is 1.56. The number of hydrogen-bond acceptors (Lipinski definition) is 4. The number of rotatable bonds is 4. The smallest absolute Gasteiger partial charge is 0.306 e. The van der Waals surface area contributed by atoms with Crippen LogP contribution in [0.5, 0.6) is 0 Å². The second-order valence-corrected chi connectivity index (χ2v) is 4.60. The lowest BCUT2D eigenvalue weighted by molar-refractivity contribution is -0.143. The second-order valence-electron chi connectivity index (χ2n) is 4.60. The van der Waals surface area contributed by atoms with Crippen molar-refractivity contribution in [3.63, 3.8) is 0 Å². The van der Waals surface area contributed by atoms with Crippen LogP contribution in [0.2, 0.25) is 0 Å². The molecule has 0 saturated carbocycles. The minimum atomic E-state index is -0.785. The van der Waals surface area contributed by atoms with Crippen LogP contribution in [0.15, 0.2) is 16.5 Å². The van der Waals surface area contributed by atoms with Gasteiger partial charge in [0.1, 0.15) is 12.4 Å². The van der Waals surface area contributed by atoms with Crippen molar-refractivity contribution in [3.8, 4) is 0 Å². The normalized spacial score (nSPS) is 16.6. The summed E-state index contributed by atoms with van der Waals surface area (Å²) >= 11 is 0. The van der Waals surface area contributed by atoms with Crippen LogP contribution < -0.4 is 0 Å². The highest BCUT2D eigenvalue weighted by molar-refractivity contribution is 5.91. The number of ether oxygens (including phenoxy) is 1. The number of nitrogens with zero attached hydrogens (tertiary/aromatic N) is 1. The Kier molecular flexibility index (Phi) is 4.21. The molecule has 1 aromatic heterocycles. The van der Waals surface area contributed by atoms with Gasteiger partial charge in [-0.3, -0.25) is 9.59 Å². The maximum absolute atomic E-state index is 12.1. The van der Waals surface area contributed by atoms with Crippen molar-refractivity contribution < 1.29 is 23.8 Å². The third-order valence-electron chi connectivity index (χ3n) is 3.29. The standard InChI is InChI=1S/C13H17NO5/c1-18-8-10-2-3-11(19-10)12(15)14-6-4-9(5-7-14)13(16)17/h2-3,9H,4-8H2,1H3,(H,16,17). The van der Waals surface area contributed by atoms with Crippen molar-refractivity contribution in [2.45, 2.75) is 19.4 Å². The van der Waals surface area contributed by atoms with E-state index in [0.29, 0.717) is 38.3 Å². The number of hydrogen-bond donors (Lipinski definition) is 1. The Hall–Kier alpha value is -1.82. The van der Waals surface area contributed by atoms with Gasteiger partial charge in [0.05, 0.1) is 5.92 Å². The van der Waals surface area contributed by atoms with E-state index in [1.54, 1.807) is 24.1 Å². The molecule has 0 aliphatic carbocycles. The highest BCUT2D eigenvalue weighted by Crippen LogP contribution is 2.20. The minimum absolute atomic E-state index is 0.189. The summed E-state index contributed by atoms with van der Waals surface area (Å²) in [5.41, 5.74) is 0. The summed E-state index contributed by atoms with van der Waals surface area (Å²) < 4.78 is 10.3. The number of aliphatic carboxylic acids is 1. The summed E-state index contributed by atoms with van der Waals surface area (Å²) in [6, 6.07) is 3.33. The molecule has 0 bridgehead atoms. The molecule has 1 fully saturated rings. The molecular weight excluding hydrogens is 250 g/mol. The van der Waals surface area contributed by atoms with Crippen molar-refractivity contribution in [3.05, 3.63) is 23.7 Å². The Bertz CT molecular complexity index is 459. The van der Waals surface area contributed by atoms with E-state index in [0.717, 1.165) is 0 Å². The van der Waals surface area contributed by atoms with Crippen molar-refractivity contribution in [2.24, 2.45) is 5.92 Å². The van der Waals surface area contributed by atoms with Crippen LogP contribution >= 0.6 is 0 Å². The fourth-order valence-corrected chi connectivity index (χ4v) is 2.20. The first-order chi connectivity index (χ1) is 9.11. The molecule has 19 heavy (non-hydrogen) atoms. The van der Waals surface area contributed by atoms with Gasteiger partial charge >= 0.3 is 5.97 Å². The predicted octanol–water partition coefficient (Wildman–Crippen LogP) is 1.36. The zero-order valence-corrected chi connectivity index (χ0v) is 10.8. The molecule has 1 aromatic rings. The van der Waals surface area contributed by atoms with Crippen molar-refractivity contribution in [1.29, 1.82) is 0 Å². The van der Waals surface area contributed by atoms with Gasteiger partial charge in [-0.1, -0.05) is 0 Å². The molecule has 1 saturated heterocycles.